The van der Waals surface area contributed by atoms with Crippen LogP contribution < -0.4 is 0 Å². The number of benzene rings is 1. The number of hydrogen-bond donors (Lipinski definition) is 0. The zero-order chi connectivity index (χ0) is 12.9. The molecule has 17 heavy (non-hydrogen) atoms. The molecule has 0 saturated heterocycles. The van der Waals surface area contributed by atoms with Crippen molar-refractivity contribution >= 4 is 17.6 Å². The van der Waals surface area contributed by atoms with Crippen LogP contribution in [0.3, 0.4) is 0 Å². The SMILES string of the molecule is O=C(/C=C\c1ccccc1)CC(=O)C(F)(F)F. The molecule has 0 aliphatic heterocycles. The molecular weight excluding hydrogens is 233 g/mol. The molecular formula is C12H9F3O2. The van der Waals surface area contributed by atoms with Crippen LogP contribution in [-0.2, 0) is 9.59 Å². The van der Waals surface area contributed by atoms with Gasteiger partial charge < -0.3 is 0 Å². The molecule has 0 unspecified atom stereocenters. The molecule has 1 rings (SSSR count). The smallest absolute Gasteiger partial charge is 0.294 e. The molecule has 0 radical (unpaired) electrons. The van der Waals surface area contributed by atoms with E-state index in [-0.39, 0.29) is 0 Å². The number of carbonyl (C=O) groups is 2. The minimum Gasteiger partial charge on any atom is -0.294 e. The van der Waals surface area contributed by atoms with Gasteiger partial charge in [0.25, 0.3) is 0 Å². The predicted molar refractivity (Wildman–Crippen MR) is 56.2 cm³/mol. The molecule has 0 aliphatic carbocycles. The fourth-order valence-electron chi connectivity index (χ4n) is 1.07. The van der Waals surface area contributed by atoms with Gasteiger partial charge in [-0.05, 0) is 11.6 Å². The number of hydrogen-bond acceptors (Lipinski definition) is 2. The molecule has 90 valence electrons. The van der Waals surface area contributed by atoms with E-state index < -0.39 is 24.2 Å². The quantitative estimate of drug-likeness (QED) is 0.601. The maximum Gasteiger partial charge on any atom is 0.450 e. The van der Waals surface area contributed by atoms with Gasteiger partial charge in [-0.2, -0.15) is 13.2 Å². The number of halogens is 3. The van der Waals surface area contributed by atoms with Gasteiger partial charge in [0.2, 0.25) is 5.78 Å². The highest BCUT2D eigenvalue weighted by atomic mass is 19.4. The van der Waals surface area contributed by atoms with E-state index in [1.165, 1.54) is 6.08 Å². The topological polar surface area (TPSA) is 34.1 Å². The van der Waals surface area contributed by atoms with E-state index in [0.29, 0.717) is 5.56 Å². The number of Topliss-reactive ketones (excluding diaryl/α,β-unsaturated/α-hetero) is 1. The van der Waals surface area contributed by atoms with Crippen LogP contribution in [-0.4, -0.2) is 17.7 Å². The molecule has 2 nitrogen and oxygen atoms in total. The first-order valence-electron chi connectivity index (χ1n) is 4.75. The largest absolute Gasteiger partial charge is 0.450 e. The lowest BCUT2D eigenvalue weighted by Gasteiger charge is -2.01. The van der Waals surface area contributed by atoms with Crippen LogP contribution in [0.15, 0.2) is 36.4 Å². The summed E-state index contributed by atoms with van der Waals surface area (Å²) >= 11 is 0. The fraction of sp³-hybridized carbons (Fsp3) is 0.167. The van der Waals surface area contributed by atoms with Crippen molar-refractivity contribution in [3.63, 3.8) is 0 Å². The standard InChI is InChI=1S/C12H9F3O2/c13-12(14,15)11(17)8-10(16)7-6-9-4-2-1-3-5-9/h1-7H,8H2/b7-6-. The van der Waals surface area contributed by atoms with Crippen molar-refractivity contribution < 1.29 is 22.8 Å². The summed E-state index contributed by atoms with van der Waals surface area (Å²) in [4.78, 5) is 21.6. The minimum atomic E-state index is -4.95. The molecule has 0 bridgehead atoms. The first-order valence-corrected chi connectivity index (χ1v) is 4.75. The number of ketones is 2. The van der Waals surface area contributed by atoms with Gasteiger partial charge in [0, 0.05) is 0 Å². The summed E-state index contributed by atoms with van der Waals surface area (Å²) in [6.45, 7) is 0. The molecule has 0 aromatic heterocycles. The maximum absolute atomic E-state index is 11.8. The Morgan fingerprint density at radius 2 is 1.71 bits per heavy atom. The van der Waals surface area contributed by atoms with E-state index in [9.17, 15) is 22.8 Å². The number of carbonyl (C=O) groups excluding carboxylic acids is 2. The number of rotatable bonds is 4. The first kappa shape index (κ1) is 13.2. The molecule has 5 heteroatoms. The lowest BCUT2D eigenvalue weighted by molar-refractivity contribution is -0.171. The van der Waals surface area contributed by atoms with E-state index >= 15 is 0 Å². The van der Waals surface area contributed by atoms with Gasteiger partial charge in [0.1, 0.15) is 0 Å². The van der Waals surface area contributed by atoms with E-state index in [2.05, 4.69) is 0 Å². The minimum absolute atomic E-state index is 0.681. The third kappa shape index (κ3) is 4.63. The zero-order valence-electron chi connectivity index (χ0n) is 8.70. The molecule has 1 aromatic carbocycles. The Morgan fingerprint density at radius 1 is 1.12 bits per heavy atom. The molecule has 0 spiro atoms. The Hall–Kier alpha value is -1.91. The molecule has 0 heterocycles. The lowest BCUT2D eigenvalue weighted by atomic mass is 10.1. The van der Waals surface area contributed by atoms with Gasteiger partial charge in [0.15, 0.2) is 5.78 Å². The van der Waals surface area contributed by atoms with Crippen molar-refractivity contribution in [2.75, 3.05) is 0 Å². The van der Waals surface area contributed by atoms with Crippen molar-refractivity contribution in [1.82, 2.24) is 0 Å². The molecule has 1 aromatic rings. The molecule has 0 saturated carbocycles. The Bertz CT molecular complexity index is 433. The van der Waals surface area contributed by atoms with Crippen LogP contribution >= 0.6 is 0 Å². The zero-order valence-corrected chi connectivity index (χ0v) is 8.70. The molecule has 0 N–H and O–H groups in total. The monoisotopic (exact) mass is 242 g/mol. The Balaban J connectivity index is 2.57. The first-order chi connectivity index (χ1) is 7.89. The van der Waals surface area contributed by atoms with Crippen LogP contribution in [0.2, 0.25) is 0 Å². The van der Waals surface area contributed by atoms with Crippen molar-refractivity contribution in [2.45, 2.75) is 12.6 Å². The lowest BCUT2D eigenvalue weighted by Crippen LogP contribution is -2.24. The van der Waals surface area contributed by atoms with Crippen molar-refractivity contribution in [3.05, 3.63) is 42.0 Å². The summed E-state index contributed by atoms with van der Waals surface area (Å²) in [6.07, 6.45) is -3.76. The summed E-state index contributed by atoms with van der Waals surface area (Å²) < 4.78 is 35.5. The molecule has 0 amide bonds. The van der Waals surface area contributed by atoms with Crippen LogP contribution in [0.5, 0.6) is 0 Å². The van der Waals surface area contributed by atoms with E-state index in [0.717, 1.165) is 6.08 Å². The van der Waals surface area contributed by atoms with Crippen molar-refractivity contribution in [2.24, 2.45) is 0 Å². The second-order valence-corrected chi connectivity index (χ2v) is 3.31. The van der Waals surface area contributed by atoms with E-state index in [4.69, 9.17) is 0 Å². The number of alkyl halides is 3. The predicted octanol–water partition coefficient (Wildman–Crippen LogP) is 2.79. The van der Waals surface area contributed by atoms with Gasteiger partial charge in [-0.3, -0.25) is 9.59 Å². The summed E-state index contributed by atoms with van der Waals surface area (Å²) in [5.41, 5.74) is 0.681. The molecule has 0 aliphatic rings. The second-order valence-electron chi connectivity index (χ2n) is 3.31. The molecule has 0 atom stereocenters. The van der Waals surface area contributed by atoms with Crippen LogP contribution in [0.25, 0.3) is 6.08 Å². The van der Waals surface area contributed by atoms with Gasteiger partial charge in [-0.15, -0.1) is 0 Å². The van der Waals surface area contributed by atoms with Gasteiger partial charge in [-0.25, -0.2) is 0 Å². The van der Waals surface area contributed by atoms with Crippen molar-refractivity contribution in [1.29, 1.82) is 0 Å². The second kappa shape index (κ2) is 5.43. The third-order valence-electron chi connectivity index (χ3n) is 1.91. The van der Waals surface area contributed by atoms with Crippen molar-refractivity contribution in [3.8, 4) is 0 Å². The summed E-state index contributed by atoms with van der Waals surface area (Å²) in [5.74, 6) is -2.89. The average molecular weight is 242 g/mol. The van der Waals surface area contributed by atoms with Gasteiger partial charge in [0.05, 0.1) is 6.42 Å². The van der Waals surface area contributed by atoms with Crippen LogP contribution in [0.4, 0.5) is 13.2 Å². The molecule has 0 fully saturated rings. The van der Waals surface area contributed by atoms with Crippen LogP contribution in [0, 0.1) is 0 Å². The van der Waals surface area contributed by atoms with E-state index in [1.54, 1.807) is 30.3 Å². The Kier molecular flexibility index (Phi) is 4.20. The third-order valence-corrected chi connectivity index (χ3v) is 1.91. The summed E-state index contributed by atoms with van der Waals surface area (Å²) in [7, 11) is 0. The average Bonchev–Trinajstić information content (AvgIpc) is 2.26. The Morgan fingerprint density at radius 3 is 2.24 bits per heavy atom. The van der Waals surface area contributed by atoms with Gasteiger partial charge >= 0.3 is 6.18 Å². The fourth-order valence-corrected chi connectivity index (χ4v) is 1.07. The van der Waals surface area contributed by atoms with Gasteiger partial charge in [-0.1, -0.05) is 36.4 Å². The normalized spacial score (nSPS) is 11.7. The van der Waals surface area contributed by atoms with Crippen LogP contribution in [0.1, 0.15) is 12.0 Å². The van der Waals surface area contributed by atoms with E-state index in [1.807, 2.05) is 0 Å². The Labute approximate surface area is 95.8 Å². The number of allylic oxidation sites excluding steroid dienone is 1. The maximum atomic E-state index is 11.8. The summed E-state index contributed by atoms with van der Waals surface area (Å²) in [6, 6.07) is 8.60. The highest BCUT2D eigenvalue weighted by Crippen LogP contribution is 2.18. The highest BCUT2D eigenvalue weighted by molar-refractivity contribution is 6.07. The highest BCUT2D eigenvalue weighted by Gasteiger charge is 2.38. The summed E-state index contributed by atoms with van der Waals surface area (Å²) in [5, 5.41) is 0.